The van der Waals surface area contributed by atoms with Gasteiger partial charge in [-0.2, -0.15) is 5.10 Å². The van der Waals surface area contributed by atoms with E-state index in [1.165, 1.54) is 11.9 Å². The minimum atomic E-state index is 0.199. The average molecular weight is 325 g/mol. The van der Waals surface area contributed by atoms with Crippen molar-refractivity contribution in [3.05, 3.63) is 54.6 Å². The van der Waals surface area contributed by atoms with Gasteiger partial charge in [0.15, 0.2) is 0 Å². The van der Waals surface area contributed by atoms with Gasteiger partial charge in [0.05, 0.1) is 6.54 Å². The summed E-state index contributed by atoms with van der Waals surface area (Å²) in [6.07, 6.45) is 7.96. The van der Waals surface area contributed by atoms with Gasteiger partial charge in [0.25, 0.3) is 0 Å². The molecule has 6 nitrogen and oxygen atoms in total. The number of nitrogens with zero attached hydrogens (tertiary/aromatic N) is 5. The molecule has 0 saturated carbocycles. The standard InChI is InChI=1S/C18H23N5O/c24-18(8-10-23-16-19-15-20-23)22-13-11-21(12-14-22)9-4-7-17-5-2-1-3-6-17/h1-7,15-16H,8-14H2/b7-4+. The molecule has 2 heterocycles. The molecule has 1 aromatic carbocycles. The highest BCUT2D eigenvalue weighted by atomic mass is 16.2. The quantitative estimate of drug-likeness (QED) is 0.808. The second-order valence-corrected chi connectivity index (χ2v) is 5.90. The fourth-order valence-electron chi connectivity index (χ4n) is 2.80. The number of hydrogen-bond acceptors (Lipinski definition) is 4. The second kappa shape index (κ2) is 8.40. The average Bonchev–Trinajstić information content (AvgIpc) is 3.15. The first-order valence-electron chi connectivity index (χ1n) is 8.35. The van der Waals surface area contributed by atoms with Crippen molar-refractivity contribution < 1.29 is 4.79 Å². The number of aromatic nitrogens is 3. The van der Waals surface area contributed by atoms with Gasteiger partial charge in [-0.1, -0.05) is 42.5 Å². The summed E-state index contributed by atoms with van der Waals surface area (Å²) in [4.78, 5) is 20.4. The summed E-state index contributed by atoms with van der Waals surface area (Å²) in [5.41, 5.74) is 1.22. The van der Waals surface area contributed by atoms with E-state index in [0.29, 0.717) is 13.0 Å². The smallest absolute Gasteiger partial charge is 0.224 e. The molecule has 1 amide bonds. The molecular formula is C18H23N5O. The number of amides is 1. The molecule has 3 rings (SSSR count). The van der Waals surface area contributed by atoms with Crippen LogP contribution in [0.5, 0.6) is 0 Å². The molecule has 0 aliphatic carbocycles. The molecule has 6 heteroatoms. The second-order valence-electron chi connectivity index (χ2n) is 5.90. The molecule has 0 unspecified atom stereocenters. The van der Waals surface area contributed by atoms with Gasteiger partial charge in [-0.25, -0.2) is 4.98 Å². The van der Waals surface area contributed by atoms with Crippen LogP contribution in [-0.4, -0.2) is 63.2 Å². The topological polar surface area (TPSA) is 54.3 Å². The van der Waals surface area contributed by atoms with E-state index in [0.717, 1.165) is 32.7 Å². The third-order valence-electron chi connectivity index (χ3n) is 4.22. The number of carbonyl (C=O) groups is 1. The van der Waals surface area contributed by atoms with Crippen LogP contribution in [0.3, 0.4) is 0 Å². The van der Waals surface area contributed by atoms with Crippen LogP contribution in [0.25, 0.3) is 6.08 Å². The van der Waals surface area contributed by atoms with Crippen molar-refractivity contribution in [1.29, 1.82) is 0 Å². The summed E-state index contributed by atoms with van der Waals surface area (Å²) in [5, 5.41) is 4.02. The Morgan fingerprint density at radius 1 is 1.12 bits per heavy atom. The van der Waals surface area contributed by atoms with E-state index in [-0.39, 0.29) is 5.91 Å². The summed E-state index contributed by atoms with van der Waals surface area (Å²) in [5.74, 6) is 0.199. The molecule has 0 radical (unpaired) electrons. The van der Waals surface area contributed by atoms with Crippen molar-refractivity contribution in [3.63, 3.8) is 0 Å². The summed E-state index contributed by atoms with van der Waals surface area (Å²) in [6.45, 7) is 4.97. The van der Waals surface area contributed by atoms with Crippen molar-refractivity contribution in [2.75, 3.05) is 32.7 Å². The van der Waals surface area contributed by atoms with Crippen molar-refractivity contribution in [1.82, 2.24) is 24.6 Å². The predicted octanol–water partition coefficient (Wildman–Crippen LogP) is 1.53. The van der Waals surface area contributed by atoms with Gasteiger partial charge in [0.1, 0.15) is 12.7 Å². The Morgan fingerprint density at radius 3 is 2.62 bits per heavy atom. The zero-order valence-corrected chi connectivity index (χ0v) is 13.8. The fourth-order valence-corrected chi connectivity index (χ4v) is 2.80. The third-order valence-corrected chi connectivity index (χ3v) is 4.22. The van der Waals surface area contributed by atoms with Crippen molar-refractivity contribution in [2.45, 2.75) is 13.0 Å². The maximum atomic E-state index is 12.2. The number of carbonyl (C=O) groups excluding carboxylic acids is 1. The van der Waals surface area contributed by atoms with Gasteiger partial charge in [0, 0.05) is 39.1 Å². The predicted molar refractivity (Wildman–Crippen MR) is 93.1 cm³/mol. The summed E-state index contributed by atoms with van der Waals surface area (Å²) in [6, 6.07) is 10.3. The number of rotatable bonds is 6. The lowest BCUT2D eigenvalue weighted by atomic mass is 10.2. The molecule has 1 aliphatic rings. The monoisotopic (exact) mass is 325 g/mol. The van der Waals surface area contributed by atoms with E-state index in [1.807, 2.05) is 23.1 Å². The van der Waals surface area contributed by atoms with Crippen LogP contribution >= 0.6 is 0 Å². The first-order chi connectivity index (χ1) is 11.8. The van der Waals surface area contributed by atoms with Crippen molar-refractivity contribution >= 4 is 12.0 Å². The minimum absolute atomic E-state index is 0.199. The molecule has 1 aromatic heterocycles. The van der Waals surface area contributed by atoms with Crippen LogP contribution in [0.2, 0.25) is 0 Å². The Labute approximate surface area is 142 Å². The zero-order valence-electron chi connectivity index (χ0n) is 13.8. The van der Waals surface area contributed by atoms with Crippen LogP contribution in [0.1, 0.15) is 12.0 Å². The van der Waals surface area contributed by atoms with E-state index in [4.69, 9.17) is 0 Å². The van der Waals surface area contributed by atoms with Crippen molar-refractivity contribution in [2.24, 2.45) is 0 Å². The van der Waals surface area contributed by atoms with Crippen LogP contribution in [-0.2, 0) is 11.3 Å². The van der Waals surface area contributed by atoms with E-state index < -0.39 is 0 Å². The van der Waals surface area contributed by atoms with Gasteiger partial charge in [0.2, 0.25) is 5.91 Å². The largest absolute Gasteiger partial charge is 0.340 e. The number of hydrogen-bond donors (Lipinski definition) is 0. The Bertz CT molecular complexity index is 645. The number of benzene rings is 1. The Balaban J connectivity index is 1.37. The fraction of sp³-hybridized carbons (Fsp3) is 0.389. The van der Waals surface area contributed by atoms with E-state index in [9.17, 15) is 4.79 Å². The maximum Gasteiger partial charge on any atom is 0.224 e. The lowest BCUT2D eigenvalue weighted by Gasteiger charge is -2.34. The molecule has 1 fully saturated rings. The lowest BCUT2D eigenvalue weighted by molar-refractivity contribution is -0.133. The molecule has 0 atom stereocenters. The molecule has 0 N–H and O–H groups in total. The third kappa shape index (κ3) is 4.76. The zero-order chi connectivity index (χ0) is 16.6. The number of aryl methyl sites for hydroxylation is 1. The maximum absolute atomic E-state index is 12.2. The molecule has 2 aromatic rings. The molecule has 1 saturated heterocycles. The van der Waals surface area contributed by atoms with E-state index >= 15 is 0 Å². The molecule has 126 valence electrons. The summed E-state index contributed by atoms with van der Waals surface area (Å²) < 4.78 is 1.70. The number of piperazine rings is 1. The highest BCUT2D eigenvalue weighted by Crippen LogP contribution is 2.06. The van der Waals surface area contributed by atoms with E-state index in [1.54, 1.807) is 11.0 Å². The molecular weight excluding hydrogens is 302 g/mol. The highest BCUT2D eigenvalue weighted by molar-refractivity contribution is 5.76. The Kier molecular flexibility index (Phi) is 5.74. The molecule has 0 spiro atoms. The van der Waals surface area contributed by atoms with Crippen molar-refractivity contribution in [3.8, 4) is 0 Å². The van der Waals surface area contributed by atoms with E-state index in [2.05, 4.69) is 39.3 Å². The molecule has 1 aliphatic heterocycles. The summed E-state index contributed by atoms with van der Waals surface area (Å²) in [7, 11) is 0. The minimum Gasteiger partial charge on any atom is -0.340 e. The van der Waals surface area contributed by atoms with Gasteiger partial charge in [-0.3, -0.25) is 14.4 Å². The Hall–Kier alpha value is -2.47. The molecule has 24 heavy (non-hydrogen) atoms. The van der Waals surface area contributed by atoms with Crippen LogP contribution in [0.4, 0.5) is 0 Å². The van der Waals surface area contributed by atoms with Gasteiger partial charge >= 0.3 is 0 Å². The lowest BCUT2D eigenvalue weighted by Crippen LogP contribution is -2.48. The Morgan fingerprint density at radius 2 is 1.92 bits per heavy atom. The highest BCUT2D eigenvalue weighted by Gasteiger charge is 2.20. The van der Waals surface area contributed by atoms with Gasteiger partial charge in [-0.15, -0.1) is 0 Å². The van der Waals surface area contributed by atoms with Gasteiger partial charge < -0.3 is 4.90 Å². The molecule has 0 bridgehead atoms. The first kappa shape index (κ1) is 16.4. The SMILES string of the molecule is O=C(CCn1cncn1)N1CCN(C/C=C/c2ccccc2)CC1. The van der Waals surface area contributed by atoms with Crippen LogP contribution in [0, 0.1) is 0 Å². The van der Waals surface area contributed by atoms with Gasteiger partial charge in [-0.05, 0) is 5.56 Å². The summed E-state index contributed by atoms with van der Waals surface area (Å²) >= 11 is 0. The van der Waals surface area contributed by atoms with Crippen LogP contribution < -0.4 is 0 Å². The first-order valence-corrected chi connectivity index (χ1v) is 8.35. The normalized spacial score (nSPS) is 15.9. The van der Waals surface area contributed by atoms with Crippen LogP contribution in [0.15, 0.2) is 49.1 Å².